The number of hydrogen-bond acceptors (Lipinski definition) is 10. The molecule has 1 aromatic heterocycles. The maximum atomic E-state index is 13.1. The molecule has 4 aromatic rings. The highest BCUT2D eigenvalue weighted by Crippen LogP contribution is 2.30. The van der Waals surface area contributed by atoms with Crippen LogP contribution < -0.4 is 14.3 Å². The molecule has 0 atom stereocenters. The Balaban J connectivity index is 1.35. The third-order valence-corrected chi connectivity index (χ3v) is 6.83. The molecule has 3 aromatic carbocycles. The standard InChI is InChI=1S/C23H19FN6O5S2/c1-34-21-13-16(7-12-20(21)35-37(32,33)19-10-8-17(24)9-11-19)14-25-26-22(31)15-36-23-27-28-29-30(23)18-5-3-2-4-6-18/h2-14H,15H2,1H3,(H,26,31)/b25-14-. The fraction of sp³-hybridized carbons (Fsp3) is 0.0870. The Bertz CT molecular complexity index is 1510. The van der Waals surface area contributed by atoms with Crippen molar-refractivity contribution in [2.75, 3.05) is 12.9 Å². The van der Waals surface area contributed by atoms with Gasteiger partial charge in [-0.25, -0.2) is 9.82 Å². The van der Waals surface area contributed by atoms with Gasteiger partial charge >= 0.3 is 10.1 Å². The van der Waals surface area contributed by atoms with E-state index in [1.165, 1.54) is 36.2 Å². The summed E-state index contributed by atoms with van der Waals surface area (Å²) < 4.78 is 49.9. The smallest absolute Gasteiger partial charge is 0.339 e. The first-order valence-electron chi connectivity index (χ1n) is 10.5. The Hall–Kier alpha value is -4.30. The molecule has 0 aliphatic heterocycles. The van der Waals surface area contributed by atoms with E-state index in [9.17, 15) is 17.6 Å². The number of benzene rings is 3. The maximum absolute atomic E-state index is 13.1. The molecule has 0 aliphatic rings. The van der Waals surface area contributed by atoms with Crippen LogP contribution in [0.4, 0.5) is 4.39 Å². The molecule has 0 saturated heterocycles. The number of para-hydroxylation sites is 1. The number of hydrazone groups is 1. The molecular weight excluding hydrogens is 523 g/mol. The van der Waals surface area contributed by atoms with Crippen molar-refractivity contribution in [3.63, 3.8) is 0 Å². The zero-order chi connectivity index (χ0) is 26.3. The van der Waals surface area contributed by atoms with E-state index in [1.54, 1.807) is 0 Å². The van der Waals surface area contributed by atoms with Gasteiger partial charge in [0.25, 0.3) is 5.91 Å². The number of carbonyl (C=O) groups is 1. The average molecular weight is 543 g/mol. The SMILES string of the molecule is COc1cc(/C=N\NC(=O)CSc2nnnn2-c2ccccc2)ccc1OS(=O)(=O)c1ccc(F)cc1. The Morgan fingerprint density at radius 1 is 1.11 bits per heavy atom. The minimum Gasteiger partial charge on any atom is -0.493 e. The summed E-state index contributed by atoms with van der Waals surface area (Å²) in [5.74, 6) is -0.897. The van der Waals surface area contributed by atoms with Gasteiger partial charge in [-0.3, -0.25) is 4.79 Å². The number of nitrogens with one attached hydrogen (secondary N) is 1. The van der Waals surface area contributed by atoms with Crippen LogP contribution >= 0.6 is 11.8 Å². The van der Waals surface area contributed by atoms with Gasteiger partial charge in [0, 0.05) is 0 Å². The fourth-order valence-corrected chi connectivity index (χ4v) is 4.57. The van der Waals surface area contributed by atoms with Gasteiger partial charge in [0.1, 0.15) is 10.7 Å². The number of halogens is 1. The molecule has 37 heavy (non-hydrogen) atoms. The van der Waals surface area contributed by atoms with E-state index in [-0.39, 0.29) is 28.1 Å². The number of methoxy groups -OCH3 is 1. The monoisotopic (exact) mass is 542 g/mol. The molecule has 0 saturated carbocycles. The van der Waals surface area contributed by atoms with Gasteiger partial charge < -0.3 is 8.92 Å². The highest BCUT2D eigenvalue weighted by atomic mass is 32.2. The van der Waals surface area contributed by atoms with Crippen LogP contribution in [0.1, 0.15) is 5.56 Å². The second-order valence-corrected chi connectivity index (χ2v) is 9.68. The van der Waals surface area contributed by atoms with Crippen LogP contribution in [0.5, 0.6) is 11.5 Å². The third-order valence-electron chi connectivity index (χ3n) is 4.67. The second-order valence-electron chi connectivity index (χ2n) is 7.19. The van der Waals surface area contributed by atoms with Crippen molar-refractivity contribution in [2.24, 2.45) is 5.10 Å². The summed E-state index contributed by atoms with van der Waals surface area (Å²) in [6.07, 6.45) is 1.36. The fourth-order valence-electron chi connectivity index (χ4n) is 2.94. The van der Waals surface area contributed by atoms with E-state index in [1.807, 2.05) is 30.3 Å². The van der Waals surface area contributed by atoms with E-state index in [4.69, 9.17) is 8.92 Å². The Labute approximate surface area is 215 Å². The number of nitrogens with zero attached hydrogens (tertiary/aromatic N) is 5. The summed E-state index contributed by atoms with van der Waals surface area (Å²) in [5, 5.41) is 15.9. The maximum Gasteiger partial charge on any atom is 0.339 e. The van der Waals surface area contributed by atoms with Crippen molar-refractivity contribution in [1.82, 2.24) is 25.6 Å². The largest absolute Gasteiger partial charge is 0.493 e. The van der Waals surface area contributed by atoms with Crippen LogP contribution in [-0.4, -0.2) is 53.6 Å². The van der Waals surface area contributed by atoms with Crippen molar-refractivity contribution < 1.29 is 26.5 Å². The molecule has 14 heteroatoms. The quantitative estimate of drug-likeness (QED) is 0.139. The molecule has 0 fully saturated rings. The van der Waals surface area contributed by atoms with Crippen LogP contribution in [0, 0.1) is 5.82 Å². The number of ether oxygens (including phenoxy) is 1. The van der Waals surface area contributed by atoms with Crippen LogP contribution in [0.3, 0.4) is 0 Å². The Morgan fingerprint density at radius 3 is 2.59 bits per heavy atom. The van der Waals surface area contributed by atoms with Gasteiger partial charge in [-0.05, 0) is 70.6 Å². The summed E-state index contributed by atoms with van der Waals surface area (Å²) in [7, 11) is -2.86. The van der Waals surface area contributed by atoms with Crippen molar-refractivity contribution in [2.45, 2.75) is 10.1 Å². The molecule has 1 N–H and O–H groups in total. The highest BCUT2D eigenvalue weighted by Gasteiger charge is 2.19. The predicted octanol–water partition coefficient (Wildman–Crippen LogP) is 2.82. The molecule has 1 heterocycles. The molecule has 1 amide bonds. The van der Waals surface area contributed by atoms with E-state index in [0.29, 0.717) is 10.7 Å². The summed E-state index contributed by atoms with van der Waals surface area (Å²) in [5.41, 5.74) is 3.67. The molecule has 0 aliphatic carbocycles. The van der Waals surface area contributed by atoms with Crippen molar-refractivity contribution in [1.29, 1.82) is 0 Å². The van der Waals surface area contributed by atoms with Crippen molar-refractivity contribution in [3.05, 3.63) is 84.2 Å². The van der Waals surface area contributed by atoms with E-state index in [2.05, 4.69) is 26.1 Å². The number of rotatable bonds is 10. The Morgan fingerprint density at radius 2 is 1.86 bits per heavy atom. The van der Waals surface area contributed by atoms with Gasteiger partial charge in [0.05, 0.1) is 24.8 Å². The molecule has 0 spiro atoms. The second kappa shape index (κ2) is 11.6. The molecule has 0 radical (unpaired) electrons. The number of thioether (sulfide) groups is 1. The zero-order valence-electron chi connectivity index (χ0n) is 19.2. The molecular formula is C23H19FN6O5S2. The van der Waals surface area contributed by atoms with Crippen molar-refractivity contribution >= 4 is 34.0 Å². The van der Waals surface area contributed by atoms with Gasteiger partial charge in [-0.2, -0.15) is 18.2 Å². The molecule has 4 rings (SSSR count). The first-order valence-corrected chi connectivity index (χ1v) is 12.9. The lowest BCUT2D eigenvalue weighted by Crippen LogP contribution is -2.20. The van der Waals surface area contributed by atoms with Gasteiger partial charge in [0.15, 0.2) is 11.5 Å². The normalized spacial score (nSPS) is 11.4. The lowest BCUT2D eigenvalue weighted by Gasteiger charge is -2.11. The van der Waals surface area contributed by atoms with Gasteiger partial charge in [0.2, 0.25) is 5.16 Å². The minimum atomic E-state index is -4.21. The Kier molecular flexibility index (Phi) is 8.10. The van der Waals surface area contributed by atoms with Gasteiger partial charge in [-0.15, -0.1) is 5.10 Å². The minimum absolute atomic E-state index is 0.0158. The average Bonchev–Trinajstić information content (AvgIpc) is 3.37. The van der Waals surface area contributed by atoms with Gasteiger partial charge in [-0.1, -0.05) is 30.0 Å². The molecule has 0 unspecified atom stereocenters. The summed E-state index contributed by atoms with van der Waals surface area (Å²) >= 11 is 1.14. The predicted molar refractivity (Wildman–Crippen MR) is 133 cm³/mol. The number of carbonyl (C=O) groups excluding carboxylic acids is 1. The number of amides is 1. The highest BCUT2D eigenvalue weighted by molar-refractivity contribution is 7.99. The van der Waals surface area contributed by atoms with E-state index >= 15 is 0 Å². The van der Waals surface area contributed by atoms with Crippen LogP contribution in [0.25, 0.3) is 5.69 Å². The first kappa shape index (κ1) is 25.8. The topological polar surface area (TPSA) is 138 Å². The van der Waals surface area contributed by atoms with E-state index in [0.717, 1.165) is 41.7 Å². The molecule has 190 valence electrons. The van der Waals surface area contributed by atoms with Crippen LogP contribution in [0.15, 0.2) is 87.9 Å². The van der Waals surface area contributed by atoms with E-state index < -0.39 is 15.9 Å². The van der Waals surface area contributed by atoms with Crippen molar-refractivity contribution in [3.8, 4) is 17.2 Å². The molecule has 0 bridgehead atoms. The number of hydrogen-bond donors (Lipinski definition) is 1. The molecule has 11 nitrogen and oxygen atoms in total. The lowest BCUT2D eigenvalue weighted by molar-refractivity contribution is -0.118. The zero-order valence-corrected chi connectivity index (χ0v) is 20.8. The van der Waals surface area contributed by atoms with Crippen LogP contribution in [0.2, 0.25) is 0 Å². The number of tetrazole rings is 1. The lowest BCUT2D eigenvalue weighted by atomic mass is 10.2. The first-order chi connectivity index (χ1) is 17.9. The summed E-state index contributed by atoms with van der Waals surface area (Å²) in [6.45, 7) is 0. The summed E-state index contributed by atoms with van der Waals surface area (Å²) in [4.78, 5) is 12.0. The number of aromatic nitrogens is 4. The van der Waals surface area contributed by atoms with Crippen LogP contribution in [-0.2, 0) is 14.9 Å². The third kappa shape index (κ3) is 6.68. The summed E-state index contributed by atoms with van der Waals surface area (Å²) in [6, 6.07) is 17.9.